The highest BCUT2D eigenvalue weighted by molar-refractivity contribution is 6.08. The number of hydrogen-bond donors (Lipinski definition) is 4. The maximum absolute atomic E-state index is 13.1. The number of rotatable bonds is 7. The number of H-pyrrole nitrogens is 1. The second-order valence-electron chi connectivity index (χ2n) is 6.99. The summed E-state index contributed by atoms with van der Waals surface area (Å²) in [6.07, 6.45) is -1.01. The van der Waals surface area contributed by atoms with Crippen molar-refractivity contribution in [3.05, 3.63) is 53.7 Å². The number of benzene rings is 2. The van der Waals surface area contributed by atoms with Crippen molar-refractivity contribution >= 4 is 22.5 Å². The normalized spacial score (nSPS) is 11.8. The fourth-order valence-corrected chi connectivity index (χ4v) is 3.32. The monoisotopic (exact) mass is 433 g/mol. The van der Waals surface area contributed by atoms with Gasteiger partial charge in [0.15, 0.2) is 0 Å². The van der Waals surface area contributed by atoms with Gasteiger partial charge in [0.05, 0.1) is 29.4 Å². The number of anilines is 1. The van der Waals surface area contributed by atoms with Crippen LogP contribution in [0, 0.1) is 11.3 Å². The molecule has 0 aliphatic heterocycles. The Morgan fingerprint density at radius 3 is 2.91 bits per heavy atom. The van der Waals surface area contributed by atoms with E-state index in [1.807, 2.05) is 12.1 Å². The maximum Gasteiger partial charge on any atom is 0.272 e. The molecule has 4 aromatic rings. The van der Waals surface area contributed by atoms with Crippen molar-refractivity contribution in [3.63, 3.8) is 0 Å². The standard InChI is InChI=1S/C21H19N7O4/c1-28-17(8-13-3-2-4-18(19(13)28)32-11-14(30)10-29)21(31)23-16-6-5-12(9-22)7-15(16)20-24-26-27-25-20/h2-8,14,29-30H,10-11H2,1H3,(H,23,31)(H,24,25,26,27)/t14-/m0/s1. The molecule has 0 aliphatic rings. The molecule has 1 amide bonds. The van der Waals surface area contributed by atoms with E-state index >= 15 is 0 Å². The van der Waals surface area contributed by atoms with Gasteiger partial charge in [-0.15, -0.1) is 10.2 Å². The Hall–Kier alpha value is -4.27. The topological polar surface area (TPSA) is 162 Å². The summed E-state index contributed by atoms with van der Waals surface area (Å²) in [6, 6.07) is 13.9. The number of carbonyl (C=O) groups is 1. The van der Waals surface area contributed by atoms with Gasteiger partial charge in [0.2, 0.25) is 5.82 Å². The highest BCUT2D eigenvalue weighted by atomic mass is 16.5. The van der Waals surface area contributed by atoms with E-state index in [9.17, 15) is 15.2 Å². The van der Waals surface area contributed by atoms with Crippen molar-refractivity contribution in [2.45, 2.75) is 6.10 Å². The SMILES string of the molecule is Cn1c(C(=O)Nc2ccc(C#N)cc2-c2nn[nH]n2)cc2cccc(OC[C@@H](O)CO)c21. The minimum Gasteiger partial charge on any atom is -0.489 e. The molecule has 1 atom stereocenters. The summed E-state index contributed by atoms with van der Waals surface area (Å²) in [5.74, 6) is 0.328. The third-order valence-electron chi connectivity index (χ3n) is 4.88. The van der Waals surface area contributed by atoms with E-state index in [-0.39, 0.29) is 18.3 Å². The zero-order valence-electron chi connectivity index (χ0n) is 17.0. The molecule has 0 bridgehead atoms. The van der Waals surface area contributed by atoms with Crippen LogP contribution in [-0.4, -0.2) is 60.6 Å². The van der Waals surface area contributed by atoms with Gasteiger partial charge in [-0.25, -0.2) is 0 Å². The van der Waals surface area contributed by atoms with Crippen molar-refractivity contribution in [2.75, 3.05) is 18.5 Å². The first kappa shape index (κ1) is 21.0. The van der Waals surface area contributed by atoms with Crippen LogP contribution in [0.3, 0.4) is 0 Å². The van der Waals surface area contributed by atoms with Gasteiger partial charge in [0.25, 0.3) is 5.91 Å². The summed E-state index contributed by atoms with van der Waals surface area (Å²) in [7, 11) is 1.73. The zero-order valence-corrected chi connectivity index (χ0v) is 17.0. The van der Waals surface area contributed by atoms with Gasteiger partial charge in [-0.1, -0.05) is 12.1 Å². The van der Waals surface area contributed by atoms with Crippen LogP contribution in [0.15, 0.2) is 42.5 Å². The lowest BCUT2D eigenvalue weighted by Crippen LogP contribution is -2.21. The van der Waals surface area contributed by atoms with Crippen LogP contribution in [0.2, 0.25) is 0 Å². The van der Waals surface area contributed by atoms with E-state index in [1.54, 1.807) is 48.0 Å². The highest BCUT2D eigenvalue weighted by Crippen LogP contribution is 2.30. The summed E-state index contributed by atoms with van der Waals surface area (Å²) < 4.78 is 7.32. The molecule has 0 saturated heterocycles. The minimum atomic E-state index is -1.01. The van der Waals surface area contributed by atoms with Crippen molar-refractivity contribution in [2.24, 2.45) is 7.05 Å². The highest BCUT2D eigenvalue weighted by Gasteiger charge is 2.19. The molecule has 0 aliphatic carbocycles. The van der Waals surface area contributed by atoms with E-state index in [2.05, 4.69) is 25.9 Å². The van der Waals surface area contributed by atoms with Gasteiger partial charge >= 0.3 is 0 Å². The lowest BCUT2D eigenvalue weighted by atomic mass is 10.1. The predicted octanol–water partition coefficient (Wildman–Crippen LogP) is 1.21. The van der Waals surface area contributed by atoms with Crippen molar-refractivity contribution in [3.8, 4) is 23.2 Å². The number of ether oxygens (including phenoxy) is 1. The number of amides is 1. The molecule has 2 aromatic carbocycles. The Morgan fingerprint density at radius 2 is 2.19 bits per heavy atom. The molecule has 0 fully saturated rings. The molecule has 2 heterocycles. The van der Waals surface area contributed by atoms with Gasteiger partial charge in [-0.2, -0.15) is 10.5 Å². The number of aliphatic hydroxyl groups excluding tert-OH is 2. The molecule has 11 heteroatoms. The lowest BCUT2D eigenvalue weighted by molar-refractivity contribution is 0.0540. The van der Waals surface area contributed by atoms with E-state index in [0.29, 0.717) is 33.8 Å². The number of tetrazole rings is 1. The first-order valence-corrected chi connectivity index (χ1v) is 9.61. The molecule has 4 N–H and O–H groups in total. The second kappa shape index (κ2) is 8.84. The number of fused-ring (bicyclic) bond motifs is 1. The number of aromatic nitrogens is 5. The van der Waals surface area contributed by atoms with Crippen molar-refractivity contribution in [1.29, 1.82) is 5.26 Å². The Kier molecular flexibility index (Phi) is 5.80. The Bertz CT molecular complexity index is 1310. The molecular formula is C21H19N7O4. The van der Waals surface area contributed by atoms with E-state index in [4.69, 9.17) is 9.84 Å². The fraction of sp³-hybridized carbons (Fsp3) is 0.190. The number of nitrogens with zero attached hydrogens (tertiary/aromatic N) is 5. The summed E-state index contributed by atoms with van der Waals surface area (Å²) in [4.78, 5) is 13.1. The fourth-order valence-electron chi connectivity index (χ4n) is 3.32. The Balaban J connectivity index is 1.67. The maximum atomic E-state index is 13.1. The van der Waals surface area contributed by atoms with E-state index in [1.165, 1.54) is 0 Å². The van der Waals surface area contributed by atoms with Gasteiger partial charge in [-0.05, 0) is 35.5 Å². The molecule has 2 aromatic heterocycles. The van der Waals surface area contributed by atoms with Crippen LogP contribution in [-0.2, 0) is 7.05 Å². The first-order valence-electron chi connectivity index (χ1n) is 9.61. The van der Waals surface area contributed by atoms with Crippen LogP contribution in [0.5, 0.6) is 5.75 Å². The van der Waals surface area contributed by atoms with Gasteiger partial charge in [0, 0.05) is 18.0 Å². The van der Waals surface area contributed by atoms with Gasteiger partial charge in [-0.3, -0.25) is 4.79 Å². The number of carbonyl (C=O) groups excluding carboxylic acids is 1. The van der Waals surface area contributed by atoms with Gasteiger partial charge in [0.1, 0.15) is 24.2 Å². The lowest BCUT2D eigenvalue weighted by Gasteiger charge is -2.13. The zero-order chi connectivity index (χ0) is 22.7. The van der Waals surface area contributed by atoms with Crippen LogP contribution >= 0.6 is 0 Å². The van der Waals surface area contributed by atoms with Crippen molar-refractivity contribution in [1.82, 2.24) is 25.2 Å². The molecule has 0 unspecified atom stereocenters. The average molecular weight is 433 g/mol. The summed E-state index contributed by atoms with van der Waals surface area (Å²) >= 11 is 0. The van der Waals surface area contributed by atoms with Crippen LogP contribution in [0.1, 0.15) is 16.1 Å². The van der Waals surface area contributed by atoms with Crippen LogP contribution in [0.25, 0.3) is 22.3 Å². The smallest absolute Gasteiger partial charge is 0.272 e. The summed E-state index contributed by atoms with van der Waals surface area (Å²) in [6.45, 7) is -0.494. The molecule has 4 rings (SSSR count). The number of aliphatic hydroxyl groups is 2. The number of nitrogens with one attached hydrogen (secondary N) is 2. The predicted molar refractivity (Wildman–Crippen MR) is 114 cm³/mol. The number of para-hydroxylation sites is 1. The first-order chi connectivity index (χ1) is 15.5. The third-order valence-corrected chi connectivity index (χ3v) is 4.88. The molecule has 0 saturated carbocycles. The third kappa shape index (κ3) is 4.00. The number of aryl methyl sites for hydroxylation is 1. The molecule has 0 radical (unpaired) electrons. The largest absolute Gasteiger partial charge is 0.489 e. The van der Waals surface area contributed by atoms with Crippen molar-refractivity contribution < 1.29 is 19.7 Å². The summed E-state index contributed by atoms with van der Waals surface area (Å²) in [5, 5.41) is 45.2. The number of hydrogen-bond acceptors (Lipinski definition) is 8. The minimum absolute atomic E-state index is 0.0817. The van der Waals surface area contributed by atoms with Crippen LogP contribution in [0.4, 0.5) is 5.69 Å². The molecular weight excluding hydrogens is 414 g/mol. The van der Waals surface area contributed by atoms with E-state index < -0.39 is 12.7 Å². The number of aromatic amines is 1. The molecule has 11 nitrogen and oxygen atoms in total. The Labute approximate surface area is 181 Å². The molecule has 162 valence electrons. The molecule has 0 spiro atoms. The van der Waals surface area contributed by atoms with Crippen LogP contribution < -0.4 is 10.1 Å². The van der Waals surface area contributed by atoms with E-state index in [0.717, 1.165) is 5.39 Å². The molecule has 32 heavy (non-hydrogen) atoms. The Morgan fingerprint density at radius 1 is 1.34 bits per heavy atom. The summed E-state index contributed by atoms with van der Waals surface area (Å²) in [5.41, 5.74) is 2.29. The quantitative estimate of drug-likeness (QED) is 0.338. The second-order valence-corrected chi connectivity index (χ2v) is 6.99. The average Bonchev–Trinajstić information content (AvgIpc) is 3.46. The number of nitriles is 1. The van der Waals surface area contributed by atoms with Gasteiger partial charge < -0.3 is 24.8 Å².